The van der Waals surface area contributed by atoms with Crippen LogP contribution in [0.4, 0.5) is 0 Å². The van der Waals surface area contributed by atoms with E-state index in [0.717, 1.165) is 116 Å². The van der Waals surface area contributed by atoms with E-state index in [1.54, 1.807) is 0 Å². The first-order valence-electron chi connectivity index (χ1n) is 21.1. The third-order valence-electron chi connectivity index (χ3n) is 12.6. The van der Waals surface area contributed by atoms with Crippen LogP contribution in [-0.2, 0) is 32.1 Å². The van der Waals surface area contributed by atoms with Crippen molar-refractivity contribution < 1.29 is 28.6 Å². The van der Waals surface area contributed by atoms with Gasteiger partial charge in [0.25, 0.3) is 0 Å². The van der Waals surface area contributed by atoms with E-state index in [4.69, 9.17) is 9.68 Å². The summed E-state index contributed by atoms with van der Waals surface area (Å²) in [5, 5.41) is 0. The van der Waals surface area contributed by atoms with Crippen LogP contribution in [0.5, 0.6) is 0 Å². The molecule has 0 atom stereocenters. The van der Waals surface area contributed by atoms with Crippen molar-refractivity contribution in [1.29, 1.82) is 0 Å². The monoisotopic (exact) mass is 748 g/mol. The Labute approximate surface area is 332 Å². The minimum atomic E-state index is -0.472. The Bertz CT molecular complexity index is 1950. The second kappa shape index (κ2) is 17.4. The Morgan fingerprint density at radius 1 is 0.464 bits per heavy atom. The van der Waals surface area contributed by atoms with Gasteiger partial charge in [-0.05, 0) is 94.2 Å². The van der Waals surface area contributed by atoms with Gasteiger partial charge in [0.2, 0.25) is 0 Å². The largest absolute Gasteiger partial charge is 0.390 e. The lowest BCUT2D eigenvalue weighted by Gasteiger charge is -2.34. The molecule has 6 nitrogen and oxygen atoms in total. The van der Waals surface area contributed by atoms with Gasteiger partial charge in [0.05, 0.1) is 0 Å². The maximum atomic E-state index is 13.5. The van der Waals surface area contributed by atoms with E-state index in [1.807, 2.05) is 0 Å². The average molecular weight is 749 g/mol. The highest BCUT2D eigenvalue weighted by atomic mass is 16.8. The topological polar surface area (TPSA) is 52.6 Å². The molecule has 4 aromatic carbocycles. The molecule has 8 rings (SSSR count). The summed E-state index contributed by atoms with van der Waals surface area (Å²) in [6.45, 7) is 4.60. The van der Waals surface area contributed by atoms with Crippen molar-refractivity contribution in [3.05, 3.63) is 144 Å². The van der Waals surface area contributed by atoms with Gasteiger partial charge in [-0.2, -0.15) is 0 Å². The number of hydroxylamine groups is 6. The fourth-order valence-corrected chi connectivity index (χ4v) is 9.61. The highest BCUT2D eigenvalue weighted by molar-refractivity contribution is 5.91. The van der Waals surface area contributed by atoms with E-state index in [1.165, 1.54) is 67.8 Å². The van der Waals surface area contributed by atoms with Gasteiger partial charge in [-0.3, -0.25) is 9.68 Å². The summed E-state index contributed by atoms with van der Waals surface area (Å²) in [6.07, 6.45) is 19.4. The van der Waals surface area contributed by atoms with Crippen LogP contribution in [0.1, 0.15) is 86.5 Å². The van der Waals surface area contributed by atoms with Crippen molar-refractivity contribution in [3.8, 4) is 22.3 Å². The quantitative estimate of drug-likeness (QED) is 0.107. The number of rotatable bonds is 12. The second-order valence-corrected chi connectivity index (χ2v) is 16.2. The molecule has 0 N–H and O–H groups in total. The van der Waals surface area contributed by atoms with Gasteiger partial charge in [-0.1, -0.05) is 109 Å². The lowest BCUT2D eigenvalue weighted by molar-refractivity contribution is -1.09. The van der Waals surface area contributed by atoms with E-state index in [2.05, 4.69) is 109 Å². The van der Waals surface area contributed by atoms with E-state index in [9.17, 15) is 9.59 Å². The summed E-state index contributed by atoms with van der Waals surface area (Å²) < 4.78 is 0.595. The molecule has 2 aliphatic heterocycles. The van der Waals surface area contributed by atoms with Crippen molar-refractivity contribution in [2.75, 3.05) is 39.3 Å². The number of allylic oxidation sites excluding steroid dienone is 2. The number of fused-ring (bicyclic) bond motifs is 2. The fraction of sp³-hybridized carbons (Fsp3) is 0.360. The van der Waals surface area contributed by atoms with E-state index in [0.29, 0.717) is 9.29 Å². The van der Waals surface area contributed by atoms with Crippen LogP contribution in [0.3, 0.4) is 0 Å². The lowest BCUT2D eigenvalue weighted by atomic mass is 9.94. The number of likely N-dealkylation sites (tertiary alicyclic amines) is 2. The molecule has 4 aliphatic rings. The molecule has 4 aromatic rings. The smallest absolute Gasteiger partial charge is 0.272 e. The normalized spacial score (nSPS) is 18.6. The molecule has 2 saturated heterocycles. The molecule has 0 bridgehead atoms. The Morgan fingerprint density at radius 3 is 1.23 bits per heavy atom. The van der Waals surface area contributed by atoms with Crippen LogP contribution in [0.2, 0.25) is 0 Å². The SMILES string of the molecule is O=C(/C=C\C(=O)O[N+]1(CCC2=CCc3c2cccc3-c2ccccc2)CCCCCC1)O[N+]1(CCC2=CCc3c2cccc3-c2ccccc2)CCCCCC1. The maximum absolute atomic E-state index is 13.5. The zero-order valence-electron chi connectivity index (χ0n) is 32.8. The molecule has 288 valence electrons. The molecule has 56 heavy (non-hydrogen) atoms. The van der Waals surface area contributed by atoms with Gasteiger partial charge in [-0.25, -0.2) is 9.59 Å². The molecule has 0 radical (unpaired) electrons. The van der Waals surface area contributed by atoms with Crippen molar-refractivity contribution in [2.24, 2.45) is 0 Å². The molecule has 0 unspecified atom stereocenters. The number of nitrogens with zero attached hydrogens (tertiary/aromatic N) is 2. The molecule has 0 saturated carbocycles. The van der Waals surface area contributed by atoms with Gasteiger partial charge < -0.3 is 0 Å². The summed E-state index contributed by atoms with van der Waals surface area (Å²) in [5.74, 6) is -0.944. The maximum Gasteiger partial charge on any atom is 0.390 e. The number of carbonyl (C=O) groups is 2. The van der Waals surface area contributed by atoms with Crippen LogP contribution < -0.4 is 0 Å². The molecular weight excluding hydrogens is 693 g/mol. The number of hydrogen-bond acceptors (Lipinski definition) is 4. The summed E-state index contributed by atoms with van der Waals surface area (Å²) >= 11 is 0. The first-order valence-corrected chi connectivity index (χ1v) is 21.1. The molecule has 6 heteroatoms. The summed E-state index contributed by atoms with van der Waals surface area (Å²) in [4.78, 5) is 39.8. The molecule has 2 aliphatic carbocycles. The lowest BCUT2D eigenvalue weighted by Crippen LogP contribution is -2.51. The molecular formula is C50H56N2O4+2. The van der Waals surface area contributed by atoms with Crippen LogP contribution in [0, 0.1) is 0 Å². The summed E-state index contributed by atoms with van der Waals surface area (Å²) in [5.41, 5.74) is 13.1. The van der Waals surface area contributed by atoms with Crippen molar-refractivity contribution in [1.82, 2.24) is 0 Å². The summed E-state index contributed by atoms with van der Waals surface area (Å²) in [6, 6.07) is 34.4. The van der Waals surface area contributed by atoms with Gasteiger partial charge in [0.1, 0.15) is 39.3 Å². The number of hydrogen-bond donors (Lipinski definition) is 0. The minimum absolute atomic E-state index is 0.297. The molecule has 2 heterocycles. The predicted molar refractivity (Wildman–Crippen MR) is 224 cm³/mol. The second-order valence-electron chi connectivity index (χ2n) is 16.2. The highest BCUT2D eigenvalue weighted by Gasteiger charge is 2.37. The van der Waals surface area contributed by atoms with E-state index < -0.39 is 11.9 Å². The first kappa shape index (κ1) is 37.9. The zero-order valence-corrected chi connectivity index (χ0v) is 32.8. The first-order chi connectivity index (χ1) is 27.5. The molecule has 2 fully saturated rings. The number of benzene rings is 4. The number of quaternary nitrogens is 2. The van der Waals surface area contributed by atoms with E-state index in [-0.39, 0.29) is 0 Å². The fourth-order valence-electron chi connectivity index (χ4n) is 9.61. The average Bonchev–Trinajstić information content (AvgIpc) is 3.68. The van der Waals surface area contributed by atoms with Gasteiger partial charge in [0, 0.05) is 50.7 Å². The summed E-state index contributed by atoms with van der Waals surface area (Å²) in [7, 11) is 0. The highest BCUT2D eigenvalue weighted by Crippen LogP contribution is 2.39. The van der Waals surface area contributed by atoms with Crippen LogP contribution in [-0.4, -0.2) is 60.5 Å². The Kier molecular flexibility index (Phi) is 11.8. The van der Waals surface area contributed by atoms with Crippen LogP contribution in [0.25, 0.3) is 33.4 Å². The number of carbonyl (C=O) groups excluding carboxylic acids is 2. The van der Waals surface area contributed by atoms with Gasteiger partial charge >= 0.3 is 11.9 Å². The Morgan fingerprint density at radius 2 is 0.839 bits per heavy atom. The minimum Gasteiger partial charge on any atom is -0.272 e. The molecule has 0 amide bonds. The van der Waals surface area contributed by atoms with Gasteiger partial charge in [0.15, 0.2) is 0 Å². The predicted octanol–water partition coefficient (Wildman–Crippen LogP) is 10.6. The Hall–Kier alpha value is -5.04. The van der Waals surface area contributed by atoms with Crippen molar-refractivity contribution in [3.63, 3.8) is 0 Å². The van der Waals surface area contributed by atoms with Crippen LogP contribution >= 0.6 is 0 Å². The zero-order chi connectivity index (χ0) is 38.2. The van der Waals surface area contributed by atoms with Crippen molar-refractivity contribution in [2.45, 2.75) is 77.0 Å². The molecule has 0 spiro atoms. The van der Waals surface area contributed by atoms with E-state index >= 15 is 0 Å². The van der Waals surface area contributed by atoms with Gasteiger partial charge in [-0.15, -0.1) is 9.29 Å². The van der Waals surface area contributed by atoms with Crippen molar-refractivity contribution >= 4 is 23.1 Å². The third-order valence-corrected chi connectivity index (χ3v) is 12.6. The Balaban J connectivity index is 0.915. The third kappa shape index (κ3) is 8.67. The molecule has 0 aromatic heterocycles. The van der Waals surface area contributed by atoms with Crippen LogP contribution in [0.15, 0.2) is 121 Å². The standard InChI is InChI=1S/C50H56N2O4/c53-49(55-51(33-11-1-2-12-34-51)37-31-41-25-27-47-43(21-15-23-45(41)47)39-17-7-5-8-18-39)29-30-50(54)56-52(35-13-3-4-14-36-52)38-32-42-26-28-48-44(22-16-24-46(42)48)40-19-9-6-10-20-40/h5-10,15-26,29-30H,1-4,11-14,27-28,31-38H2/q+2/b30-29-.